The number of rotatable bonds is 6. The highest BCUT2D eigenvalue weighted by atomic mass is 19.3. The Morgan fingerprint density at radius 2 is 2.13 bits per heavy atom. The molecule has 3 rings (SSSR count). The molecule has 0 radical (unpaired) electrons. The minimum Gasteiger partial charge on any atom is -0.495 e. The maximum atomic E-state index is 14.6. The summed E-state index contributed by atoms with van der Waals surface area (Å²) < 4.78 is 57.8. The molecule has 2 aliphatic rings. The van der Waals surface area contributed by atoms with Crippen LogP contribution in [-0.2, 0) is 4.74 Å². The van der Waals surface area contributed by atoms with E-state index < -0.39 is 36.2 Å². The van der Waals surface area contributed by atoms with Gasteiger partial charge < -0.3 is 25.3 Å². The van der Waals surface area contributed by atoms with Crippen LogP contribution >= 0.6 is 0 Å². The topological polar surface area (TPSA) is 108 Å². The molecule has 3 N–H and O–H groups in total. The second-order valence-electron chi connectivity index (χ2n) is 6.77. The molecule has 8 nitrogen and oxygen atoms in total. The molecule has 0 aromatic carbocycles. The second kappa shape index (κ2) is 8.74. The van der Waals surface area contributed by atoms with Crippen molar-refractivity contribution >= 4 is 11.7 Å². The third kappa shape index (κ3) is 4.11. The number of amidine groups is 1. The number of nitrogens with zero attached hydrogens (tertiary/aromatic N) is 2. The van der Waals surface area contributed by atoms with Gasteiger partial charge in [-0.05, 0) is 18.6 Å². The van der Waals surface area contributed by atoms with Crippen molar-refractivity contribution in [2.45, 2.75) is 18.4 Å². The van der Waals surface area contributed by atoms with E-state index in [9.17, 15) is 18.0 Å². The number of methoxy groups -OCH3 is 2. The van der Waals surface area contributed by atoms with Crippen LogP contribution in [0.3, 0.4) is 0 Å². The highest BCUT2D eigenvalue weighted by molar-refractivity contribution is 5.96. The molecule has 2 atom stereocenters. The van der Waals surface area contributed by atoms with Crippen LogP contribution < -0.4 is 20.5 Å². The molecule has 1 aromatic heterocycles. The average molecular weight is 426 g/mol. The molecule has 30 heavy (non-hydrogen) atoms. The largest absolute Gasteiger partial charge is 0.495 e. The molecule has 0 fully saturated rings. The monoisotopic (exact) mass is 426 g/mol. The Labute approximate surface area is 170 Å². The van der Waals surface area contributed by atoms with Crippen molar-refractivity contribution in [3.05, 3.63) is 41.6 Å². The summed E-state index contributed by atoms with van der Waals surface area (Å²) in [6.45, 7) is -0.596. The van der Waals surface area contributed by atoms with Crippen LogP contribution in [0.1, 0.15) is 16.9 Å². The number of hydrogen-bond donors (Lipinski definition) is 2. The minimum absolute atomic E-state index is 0.0439. The van der Waals surface area contributed by atoms with Crippen LogP contribution in [0.15, 0.2) is 40.9 Å². The third-order valence-corrected chi connectivity index (χ3v) is 4.89. The minimum atomic E-state index is -3.03. The van der Waals surface area contributed by atoms with Crippen molar-refractivity contribution in [3.63, 3.8) is 0 Å². The SMILES string of the molecule is COc1cnc(C(=O)NC2=CC=C(F)C([C@]3(C(F)F)COCC(N)=N3)C2)c(OC)c1. The summed E-state index contributed by atoms with van der Waals surface area (Å²) in [4.78, 5) is 20.5. The van der Waals surface area contributed by atoms with Gasteiger partial charge in [0.05, 0.1) is 27.0 Å². The number of hydrogen-bond acceptors (Lipinski definition) is 7. The molecule has 1 amide bonds. The van der Waals surface area contributed by atoms with E-state index in [1.165, 1.54) is 32.6 Å². The van der Waals surface area contributed by atoms with E-state index in [4.69, 9.17) is 19.9 Å². The van der Waals surface area contributed by atoms with Crippen LogP contribution in [0, 0.1) is 5.92 Å². The van der Waals surface area contributed by atoms with E-state index in [0.717, 1.165) is 6.08 Å². The standard InChI is InChI=1S/C19H21F3N4O4/c1-28-11-6-14(29-2)16(24-7-11)17(27)25-10-3-4-13(20)12(5-10)19(18(21)22)9-30-8-15(23)26-19/h3-4,6-7,12,18H,5,8-9H2,1-2H3,(H2,23,26)(H,25,27)/t12?,19-/m0/s1. The highest BCUT2D eigenvalue weighted by Gasteiger charge is 2.51. The Hall–Kier alpha value is -3.08. The Bertz CT molecular complexity index is 919. The summed E-state index contributed by atoms with van der Waals surface area (Å²) in [6.07, 6.45) is 0.385. The summed E-state index contributed by atoms with van der Waals surface area (Å²) in [7, 11) is 2.80. The summed E-state index contributed by atoms with van der Waals surface area (Å²) in [5, 5.41) is 2.57. The number of ether oxygens (including phenoxy) is 3. The number of amides is 1. The van der Waals surface area contributed by atoms with E-state index in [2.05, 4.69) is 15.3 Å². The summed E-state index contributed by atoms with van der Waals surface area (Å²) in [5.41, 5.74) is 3.57. The summed E-state index contributed by atoms with van der Waals surface area (Å²) in [6, 6.07) is 1.47. The van der Waals surface area contributed by atoms with Crippen LogP contribution in [0.2, 0.25) is 0 Å². The number of nitrogens with two attached hydrogens (primary N) is 1. The molecule has 0 saturated heterocycles. The molecule has 0 bridgehead atoms. The number of carbonyl (C=O) groups excluding carboxylic acids is 1. The maximum absolute atomic E-state index is 14.6. The van der Waals surface area contributed by atoms with Gasteiger partial charge in [-0.2, -0.15) is 0 Å². The number of alkyl halides is 2. The number of nitrogens with one attached hydrogen (secondary N) is 1. The average Bonchev–Trinajstić information content (AvgIpc) is 2.74. The van der Waals surface area contributed by atoms with Gasteiger partial charge >= 0.3 is 0 Å². The predicted octanol–water partition coefficient (Wildman–Crippen LogP) is 1.98. The second-order valence-corrected chi connectivity index (χ2v) is 6.77. The molecule has 1 unspecified atom stereocenters. The molecule has 162 valence electrons. The van der Waals surface area contributed by atoms with Crippen LogP contribution in [0.25, 0.3) is 0 Å². The quantitative estimate of drug-likeness (QED) is 0.720. The predicted molar refractivity (Wildman–Crippen MR) is 101 cm³/mol. The zero-order valence-electron chi connectivity index (χ0n) is 16.3. The van der Waals surface area contributed by atoms with Gasteiger partial charge in [-0.15, -0.1) is 0 Å². The Balaban J connectivity index is 1.84. The lowest BCUT2D eigenvalue weighted by Gasteiger charge is -2.39. The first kappa shape index (κ1) is 21.6. The first-order valence-electron chi connectivity index (χ1n) is 8.96. The van der Waals surface area contributed by atoms with Crippen molar-refractivity contribution in [1.82, 2.24) is 10.3 Å². The first-order valence-corrected chi connectivity index (χ1v) is 8.96. The van der Waals surface area contributed by atoms with Crippen molar-refractivity contribution in [2.75, 3.05) is 27.4 Å². The fraction of sp³-hybridized carbons (Fsp3) is 0.421. The van der Waals surface area contributed by atoms with Gasteiger partial charge in [0.25, 0.3) is 12.3 Å². The lowest BCUT2D eigenvalue weighted by Crippen LogP contribution is -2.53. The lowest BCUT2D eigenvalue weighted by molar-refractivity contribution is -0.0376. The van der Waals surface area contributed by atoms with Crippen LogP contribution in [0.4, 0.5) is 13.2 Å². The number of aliphatic imine (C=N–C) groups is 1. The molecular weight excluding hydrogens is 405 g/mol. The van der Waals surface area contributed by atoms with Gasteiger partial charge in [-0.3, -0.25) is 9.79 Å². The Kier molecular flexibility index (Phi) is 6.30. The maximum Gasteiger partial charge on any atom is 0.277 e. The molecule has 1 aliphatic heterocycles. The van der Waals surface area contributed by atoms with Gasteiger partial charge in [0.2, 0.25) is 0 Å². The third-order valence-electron chi connectivity index (χ3n) is 4.89. The number of carbonyl (C=O) groups is 1. The highest BCUT2D eigenvalue weighted by Crippen LogP contribution is 2.42. The first-order chi connectivity index (χ1) is 14.3. The normalized spacial score (nSPS) is 23.9. The molecule has 1 aromatic rings. The van der Waals surface area contributed by atoms with Crippen LogP contribution in [0.5, 0.6) is 11.5 Å². The Morgan fingerprint density at radius 3 is 2.77 bits per heavy atom. The van der Waals surface area contributed by atoms with Gasteiger partial charge in [-0.25, -0.2) is 18.2 Å². The van der Waals surface area contributed by atoms with Crippen LogP contribution in [-0.4, -0.2) is 56.1 Å². The van der Waals surface area contributed by atoms with Gasteiger partial charge in [0.15, 0.2) is 17.0 Å². The molecule has 11 heteroatoms. The molecule has 2 heterocycles. The lowest BCUT2D eigenvalue weighted by atomic mass is 9.78. The summed E-state index contributed by atoms with van der Waals surface area (Å²) >= 11 is 0. The number of halogens is 3. The zero-order valence-corrected chi connectivity index (χ0v) is 16.3. The Morgan fingerprint density at radius 1 is 1.37 bits per heavy atom. The van der Waals surface area contributed by atoms with Gasteiger partial charge in [-0.1, -0.05) is 0 Å². The van der Waals surface area contributed by atoms with E-state index >= 15 is 0 Å². The van der Waals surface area contributed by atoms with E-state index in [1.54, 1.807) is 0 Å². The van der Waals surface area contributed by atoms with Crippen molar-refractivity contribution in [1.29, 1.82) is 0 Å². The van der Waals surface area contributed by atoms with Crippen molar-refractivity contribution < 1.29 is 32.2 Å². The summed E-state index contributed by atoms with van der Waals surface area (Å²) in [5.74, 6) is -2.40. The smallest absolute Gasteiger partial charge is 0.277 e. The van der Waals surface area contributed by atoms with E-state index in [1.807, 2.05) is 0 Å². The molecular formula is C19H21F3N4O4. The van der Waals surface area contributed by atoms with Crippen molar-refractivity contribution in [2.24, 2.45) is 16.6 Å². The molecule has 1 aliphatic carbocycles. The molecule has 0 spiro atoms. The number of allylic oxidation sites excluding steroid dienone is 3. The number of aromatic nitrogens is 1. The number of pyridine rings is 1. The van der Waals surface area contributed by atoms with E-state index in [-0.39, 0.29) is 36.0 Å². The van der Waals surface area contributed by atoms with Crippen molar-refractivity contribution in [3.8, 4) is 11.5 Å². The zero-order chi connectivity index (χ0) is 21.9. The van der Waals surface area contributed by atoms with Gasteiger partial charge in [0, 0.05) is 17.7 Å². The molecule has 0 saturated carbocycles. The van der Waals surface area contributed by atoms with E-state index in [0.29, 0.717) is 5.75 Å². The van der Waals surface area contributed by atoms with Gasteiger partial charge in [0.1, 0.15) is 24.0 Å². The fourth-order valence-corrected chi connectivity index (χ4v) is 3.35. The fourth-order valence-electron chi connectivity index (χ4n) is 3.35.